The lowest BCUT2D eigenvalue weighted by Crippen LogP contribution is -2.33. The second kappa shape index (κ2) is 5.24. The zero-order valence-electron chi connectivity index (χ0n) is 14.1. The highest BCUT2D eigenvalue weighted by molar-refractivity contribution is 5.53. The highest BCUT2D eigenvalue weighted by atomic mass is 16.3. The molecule has 0 radical (unpaired) electrons. The molecule has 0 saturated heterocycles. The van der Waals surface area contributed by atoms with Crippen LogP contribution in [0.5, 0.6) is 0 Å². The van der Waals surface area contributed by atoms with Crippen molar-refractivity contribution in [2.45, 2.75) is 39.3 Å². The Bertz CT molecular complexity index is 911. The van der Waals surface area contributed by atoms with Crippen LogP contribution in [-0.4, -0.2) is 36.4 Å². The fourth-order valence-corrected chi connectivity index (χ4v) is 3.10. The fraction of sp³-hybridized carbons (Fsp3) is 0.412. The second-order valence-corrected chi connectivity index (χ2v) is 6.85. The minimum atomic E-state index is -0.889. The third-order valence-corrected chi connectivity index (χ3v) is 4.50. The normalized spacial score (nSPS) is 14.9. The molecule has 0 atom stereocenters. The Hall–Kier alpha value is -2.54. The van der Waals surface area contributed by atoms with E-state index in [1.54, 1.807) is 30.9 Å². The van der Waals surface area contributed by atoms with E-state index in [0.717, 1.165) is 53.4 Å². The number of aliphatic hydroxyl groups is 1. The molecule has 4 rings (SSSR count). The molecule has 4 heterocycles. The van der Waals surface area contributed by atoms with E-state index in [-0.39, 0.29) is 0 Å². The van der Waals surface area contributed by atoms with E-state index in [4.69, 9.17) is 0 Å². The van der Waals surface area contributed by atoms with Gasteiger partial charge in [0.1, 0.15) is 6.33 Å². The van der Waals surface area contributed by atoms with Gasteiger partial charge in [-0.3, -0.25) is 4.98 Å². The molecule has 0 saturated carbocycles. The van der Waals surface area contributed by atoms with Crippen LogP contribution in [-0.2, 0) is 18.6 Å². The van der Waals surface area contributed by atoms with Crippen LogP contribution in [0.2, 0.25) is 0 Å². The molecule has 7 nitrogen and oxygen atoms in total. The van der Waals surface area contributed by atoms with Crippen molar-refractivity contribution < 1.29 is 5.11 Å². The number of pyridine rings is 1. The molecule has 7 heteroatoms. The summed E-state index contributed by atoms with van der Waals surface area (Å²) < 4.78 is 1.70. The van der Waals surface area contributed by atoms with Gasteiger partial charge in [-0.1, -0.05) is 0 Å². The van der Waals surface area contributed by atoms with Crippen LogP contribution in [0.15, 0.2) is 24.7 Å². The van der Waals surface area contributed by atoms with Gasteiger partial charge in [0.2, 0.25) is 0 Å². The number of nitrogens with zero attached hydrogens (tertiary/aromatic N) is 6. The Morgan fingerprint density at radius 2 is 2.08 bits per heavy atom. The summed E-state index contributed by atoms with van der Waals surface area (Å²) in [6, 6.07) is 4.05. The predicted octanol–water partition coefficient (Wildman–Crippen LogP) is 1.62. The van der Waals surface area contributed by atoms with Gasteiger partial charge in [0.05, 0.1) is 5.60 Å². The van der Waals surface area contributed by atoms with Crippen molar-refractivity contribution in [3.63, 3.8) is 0 Å². The lowest BCUT2D eigenvalue weighted by atomic mass is 9.95. The molecule has 3 aromatic rings. The largest absolute Gasteiger partial charge is 0.386 e. The lowest BCUT2D eigenvalue weighted by molar-refractivity contribution is 0.0781. The van der Waals surface area contributed by atoms with Crippen molar-refractivity contribution >= 4 is 11.5 Å². The molecule has 0 unspecified atom stereocenters. The number of aromatic nitrogens is 5. The molecular weight excluding hydrogens is 304 g/mol. The Morgan fingerprint density at radius 1 is 1.25 bits per heavy atom. The van der Waals surface area contributed by atoms with Gasteiger partial charge in [0, 0.05) is 37.0 Å². The molecule has 0 amide bonds. The monoisotopic (exact) mass is 324 g/mol. The van der Waals surface area contributed by atoms with Crippen LogP contribution in [0, 0.1) is 6.92 Å². The van der Waals surface area contributed by atoms with E-state index in [1.807, 2.05) is 13.0 Å². The van der Waals surface area contributed by atoms with Gasteiger partial charge < -0.3 is 10.0 Å². The number of rotatable bonds is 2. The van der Waals surface area contributed by atoms with Crippen LogP contribution in [0.25, 0.3) is 5.65 Å². The molecular formula is C17H20N6O. The van der Waals surface area contributed by atoms with Crippen molar-refractivity contribution in [1.29, 1.82) is 0 Å². The number of aryl methyl sites for hydroxylation is 1. The van der Waals surface area contributed by atoms with Crippen LogP contribution >= 0.6 is 0 Å². The Kier molecular flexibility index (Phi) is 3.28. The number of hydrogen-bond donors (Lipinski definition) is 1. The maximum absolute atomic E-state index is 10.2. The minimum Gasteiger partial charge on any atom is -0.386 e. The first kappa shape index (κ1) is 15.0. The predicted molar refractivity (Wildman–Crippen MR) is 89.8 cm³/mol. The molecule has 24 heavy (non-hydrogen) atoms. The highest BCUT2D eigenvalue weighted by Gasteiger charge is 2.24. The summed E-state index contributed by atoms with van der Waals surface area (Å²) in [4.78, 5) is 6.79. The van der Waals surface area contributed by atoms with Crippen molar-refractivity contribution in [2.75, 3.05) is 11.4 Å². The van der Waals surface area contributed by atoms with Crippen LogP contribution in [0.1, 0.15) is 36.2 Å². The molecule has 0 fully saturated rings. The quantitative estimate of drug-likeness (QED) is 0.771. The van der Waals surface area contributed by atoms with Crippen molar-refractivity contribution in [3.05, 3.63) is 47.0 Å². The maximum atomic E-state index is 10.2. The average molecular weight is 324 g/mol. The molecule has 124 valence electrons. The number of anilines is 1. The first-order chi connectivity index (χ1) is 11.4. The third kappa shape index (κ3) is 2.50. The smallest absolute Gasteiger partial charge is 0.177 e. The molecule has 0 aromatic carbocycles. The van der Waals surface area contributed by atoms with Gasteiger partial charge in [0.15, 0.2) is 11.5 Å². The Labute approximate surface area is 140 Å². The van der Waals surface area contributed by atoms with Gasteiger partial charge in [-0.25, -0.2) is 0 Å². The molecule has 1 aliphatic rings. The van der Waals surface area contributed by atoms with Gasteiger partial charge in [-0.05, 0) is 44.0 Å². The van der Waals surface area contributed by atoms with Gasteiger partial charge in [-0.15, -0.1) is 15.3 Å². The summed E-state index contributed by atoms with van der Waals surface area (Å²) in [6.07, 6.45) is 4.26. The van der Waals surface area contributed by atoms with Crippen LogP contribution in [0.4, 0.5) is 5.82 Å². The van der Waals surface area contributed by atoms with Crippen molar-refractivity contribution in [3.8, 4) is 0 Å². The molecule has 1 N–H and O–H groups in total. The first-order valence-electron chi connectivity index (χ1n) is 8.05. The number of fused-ring (bicyclic) bond motifs is 2. The van der Waals surface area contributed by atoms with E-state index in [1.165, 1.54) is 0 Å². The van der Waals surface area contributed by atoms with E-state index < -0.39 is 5.60 Å². The molecule has 0 spiro atoms. The van der Waals surface area contributed by atoms with Crippen LogP contribution in [0.3, 0.4) is 0 Å². The SMILES string of the molecule is Cc1cc2nncn2nc1N1CCc2ncc(C(C)(C)O)cc2C1. The zero-order valence-corrected chi connectivity index (χ0v) is 14.1. The first-order valence-corrected chi connectivity index (χ1v) is 8.05. The summed E-state index contributed by atoms with van der Waals surface area (Å²) in [5.41, 5.74) is 4.01. The third-order valence-electron chi connectivity index (χ3n) is 4.50. The van der Waals surface area contributed by atoms with Gasteiger partial charge in [-0.2, -0.15) is 4.52 Å². The lowest BCUT2D eigenvalue weighted by Gasteiger charge is -2.31. The van der Waals surface area contributed by atoms with E-state index in [0.29, 0.717) is 0 Å². The highest BCUT2D eigenvalue weighted by Crippen LogP contribution is 2.28. The van der Waals surface area contributed by atoms with Crippen molar-refractivity contribution in [1.82, 2.24) is 24.8 Å². The van der Waals surface area contributed by atoms with E-state index in [2.05, 4.69) is 31.2 Å². The van der Waals surface area contributed by atoms with E-state index >= 15 is 0 Å². The van der Waals surface area contributed by atoms with Crippen molar-refractivity contribution in [2.24, 2.45) is 0 Å². The Morgan fingerprint density at radius 3 is 2.88 bits per heavy atom. The maximum Gasteiger partial charge on any atom is 0.177 e. The fourth-order valence-electron chi connectivity index (χ4n) is 3.10. The Balaban J connectivity index is 1.71. The second-order valence-electron chi connectivity index (χ2n) is 6.85. The molecule has 0 bridgehead atoms. The molecule has 3 aromatic heterocycles. The van der Waals surface area contributed by atoms with E-state index in [9.17, 15) is 5.11 Å². The summed E-state index contributed by atoms with van der Waals surface area (Å²) in [5.74, 6) is 0.932. The summed E-state index contributed by atoms with van der Waals surface area (Å²) >= 11 is 0. The topological polar surface area (TPSA) is 79.4 Å². The van der Waals surface area contributed by atoms with Crippen LogP contribution < -0.4 is 4.90 Å². The summed E-state index contributed by atoms with van der Waals surface area (Å²) in [5, 5.41) is 22.8. The molecule has 0 aliphatic carbocycles. The standard InChI is InChI=1S/C17H20N6O/c1-11-6-15-20-19-10-23(15)21-16(11)22-5-4-14-12(9-22)7-13(8-18-14)17(2,3)24/h6-8,10,24H,4-5,9H2,1-3H3. The zero-order chi connectivity index (χ0) is 16.9. The molecule has 1 aliphatic heterocycles. The summed E-state index contributed by atoms with van der Waals surface area (Å²) in [7, 11) is 0. The average Bonchev–Trinajstić information content (AvgIpc) is 2.99. The minimum absolute atomic E-state index is 0.730. The van der Waals surface area contributed by atoms with Gasteiger partial charge >= 0.3 is 0 Å². The summed E-state index contributed by atoms with van der Waals surface area (Å²) in [6.45, 7) is 7.19. The van der Waals surface area contributed by atoms with Gasteiger partial charge in [0.25, 0.3) is 0 Å². The number of hydrogen-bond acceptors (Lipinski definition) is 6.